The third kappa shape index (κ3) is 3.33. The van der Waals surface area contributed by atoms with E-state index in [1.807, 2.05) is 22.6 Å². The number of carbonyl (C=O) groups excluding carboxylic acids is 1. The molecule has 1 heterocycles. The van der Waals surface area contributed by atoms with Crippen molar-refractivity contribution in [3.05, 3.63) is 48.8 Å². The summed E-state index contributed by atoms with van der Waals surface area (Å²) in [5.74, 6) is -1.60. The van der Waals surface area contributed by atoms with Crippen LogP contribution in [-0.2, 0) is 0 Å². The van der Waals surface area contributed by atoms with E-state index in [0.29, 0.717) is 19.3 Å². The van der Waals surface area contributed by atoms with Gasteiger partial charge in [0.05, 0.1) is 16.3 Å². The fourth-order valence-corrected chi connectivity index (χ4v) is 2.86. The van der Waals surface area contributed by atoms with Gasteiger partial charge in [0.25, 0.3) is 5.91 Å². The predicted molar refractivity (Wildman–Crippen MR) is 89.6 cm³/mol. The molecule has 0 atom stereocenters. The molecule has 8 heteroatoms. The molecular weight excluding hydrogens is 430 g/mol. The van der Waals surface area contributed by atoms with Gasteiger partial charge in [0.15, 0.2) is 0 Å². The molecule has 0 aliphatic carbocycles. The quantitative estimate of drug-likeness (QED) is 0.496. The summed E-state index contributed by atoms with van der Waals surface area (Å²) in [5.41, 5.74) is 0.947. The summed E-state index contributed by atoms with van der Waals surface area (Å²) in [5, 5.41) is 12.4. The van der Waals surface area contributed by atoms with Gasteiger partial charge < -0.3 is 15.4 Å². The summed E-state index contributed by atoms with van der Waals surface area (Å²) >= 11 is 13.8. The molecule has 0 bridgehead atoms. The summed E-state index contributed by atoms with van der Waals surface area (Å²) < 4.78 is 0.542. The highest BCUT2D eigenvalue weighted by Gasteiger charge is 2.20. The lowest BCUT2D eigenvalue weighted by molar-refractivity contribution is 0.0697. The molecule has 3 N–H and O–H groups in total. The van der Waals surface area contributed by atoms with Gasteiger partial charge in [-0.15, -0.1) is 0 Å². The van der Waals surface area contributed by atoms with Crippen molar-refractivity contribution in [1.29, 1.82) is 0 Å². The van der Waals surface area contributed by atoms with E-state index in [4.69, 9.17) is 28.3 Å². The number of amides is 1. The molecule has 2 aromatic rings. The largest absolute Gasteiger partial charge is 0.478 e. The Labute approximate surface area is 143 Å². The van der Waals surface area contributed by atoms with Crippen LogP contribution in [0.4, 0.5) is 5.69 Å². The summed E-state index contributed by atoms with van der Waals surface area (Å²) in [7, 11) is 0. The number of aryl methyl sites for hydroxylation is 1. The minimum Gasteiger partial charge on any atom is -0.478 e. The molecule has 0 aliphatic rings. The zero-order valence-electron chi connectivity index (χ0n) is 10.6. The third-order valence-corrected chi connectivity index (χ3v) is 4.77. The van der Waals surface area contributed by atoms with E-state index in [-0.39, 0.29) is 16.8 Å². The van der Waals surface area contributed by atoms with E-state index >= 15 is 0 Å². The van der Waals surface area contributed by atoms with E-state index in [1.54, 1.807) is 6.92 Å². The highest BCUT2D eigenvalue weighted by Crippen LogP contribution is 2.28. The normalized spacial score (nSPS) is 10.5. The first-order valence-electron chi connectivity index (χ1n) is 5.68. The Morgan fingerprint density at radius 3 is 2.62 bits per heavy atom. The Balaban J connectivity index is 2.38. The van der Waals surface area contributed by atoms with Crippen LogP contribution in [0.25, 0.3) is 0 Å². The lowest BCUT2D eigenvalue weighted by Gasteiger charge is -2.08. The number of anilines is 1. The van der Waals surface area contributed by atoms with E-state index in [9.17, 15) is 9.59 Å². The molecule has 1 aromatic heterocycles. The monoisotopic (exact) mass is 438 g/mol. The van der Waals surface area contributed by atoms with Crippen LogP contribution in [0.15, 0.2) is 18.3 Å². The fraction of sp³-hybridized carbons (Fsp3) is 0.0769. The Morgan fingerprint density at radius 1 is 1.33 bits per heavy atom. The lowest BCUT2D eigenvalue weighted by Crippen LogP contribution is -2.15. The second-order valence-corrected chi connectivity index (χ2v) is 6.13. The van der Waals surface area contributed by atoms with Crippen molar-refractivity contribution in [2.75, 3.05) is 5.32 Å². The van der Waals surface area contributed by atoms with Crippen molar-refractivity contribution in [1.82, 2.24) is 4.98 Å². The SMILES string of the molecule is Cc1[nH]cc(NC(=O)c2cc(Cl)cc(Cl)c2I)c1C(=O)O. The number of hydrogen-bond donors (Lipinski definition) is 3. The topological polar surface area (TPSA) is 82.2 Å². The maximum absolute atomic E-state index is 12.3. The third-order valence-electron chi connectivity index (χ3n) is 2.78. The molecule has 2 rings (SSSR count). The number of aromatic amines is 1. The molecule has 0 fully saturated rings. The molecular formula is C13H9Cl2IN2O3. The number of carbonyl (C=O) groups is 2. The molecule has 5 nitrogen and oxygen atoms in total. The maximum atomic E-state index is 12.3. The molecule has 110 valence electrons. The average molecular weight is 439 g/mol. The minimum absolute atomic E-state index is 0.0199. The van der Waals surface area contributed by atoms with Crippen LogP contribution in [-0.4, -0.2) is 22.0 Å². The van der Waals surface area contributed by atoms with Crippen LogP contribution in [0.1, 0.15) is 26.4 Å². The number of halogens is 3. The van der Waals surface area contributed by atoms with Gasteiger partial charge >= 0.3 is 5.97 Å². The van der Waals surface area contributed by atoms with Gasteiger partial charge in [0, 0.05) is 20.5 Å². The number of benzene rings is 1. The van der Waals surface area contributed by atoms with Crippen LogP contribution >= 0.6 is 45.8 Å². The Morgan fingerprint density at radius 2 is 2.00 bits per heavy atom. The molecule has 0 radical (unpaired) electrons. The molecule has 0 unspecified atom stereocenters. The van der Waals surface area contributed by atoms with Gasteiger partial charge in [0.2, 0.25) is 0 Å². The van der Waals surface area contributed by atoms with E-state index in [2.05, 4.69) is 10.3 Å². The first-order chi connectivity index (χ1) is 9.81. The predicted octanol–water partition coefficient (Wildman–Crippen LogP) is 4.19. The number of aromatic nitrogens is 1. The van der Waals surface area contributed by atoms with Crippen molar-refractivity contribution >= 4 is 63.4 Å². The van der Waals surface area contributed by atoms with Gasteiger partial charge in [-0.1, -0.05) is 23.2 Å². The second kappa shape index (κ2) is 6.25. The summed E-state index contributed by atoms with van der Waals surface area (Å²) in [6, 6.07) is 3.01. The van der Waals surface area contributed by atoms with Crippen molar-refractivity contribution in [2.45, 2.75) is 6.92 Å². The van der Waals surface area contributed by atoms with Gasteiger partial charge in [-0.25, -0.2) is 4.79 Å². The number of nitrogens with one attached hydrogen (secondary N) is 2. The highest BCUT2D eigenvalue weighted by atomic mass is 127. The molecule has 21 heavy (non-hydrogen) atoms. The maximum Gasteiger partial charge on any atom is 0.339 e. The molecule has 0 saturated heterocycles. The average Bonchev–Trinajstić information content (AvgIpc) is 2.74. The van der Waals surface area contributed by atoms with Gasteiger partial charge in [-0.2, -0.15) is 0 Å². The number of rotatable bonds is 3. The molecule has 1 aromatic carbocycles. The summed E-state index contributed by atoms with van der Waals surface area (Å²) in [6.45, 7) is 1.61. The summed E-state index contributed by atoms with van der Waals surface area (Å²) in [6.07, 6.45) is 1.43. The Bertz CT molecular complexity index is 743. The summed E-state index contributed by atoms with van der Waals surface area (Å²) in [4.78, 5) is 26.2. The highest BCUT2D eigenvalue weighted by molar-refractivity contribution is 14.1. The number of H-pyrrole nitrogens is 1. The van der Waals surface area contributed by atoms with Crippen LogP contribution in [0, 0.1) is 10.5 Å². The van der Waals surface area contributed by atoms with Crippen LogP contribution < -0.4 is 5.32 Å². The zero-order chi connectivity index (χ0) is 15.7. The van der Waals surface area contributed by atoms with Crippen molar-refractivity contribution in [2.24, 2.45) is 0 Å². The van der Waals surface area contributed by atoms with Gasteiger partial charge in [-0.3, -0.25) is 4.79 Å². The smallest absolute Gasteiger partial charge is 0.339 e. The minimum atomic E-state index is -1.12. The van der Waals surface area contributed by atoms with Crippen molar-refractivity contribution in [3.8, 4) is 0 Å². The number of carboxylic acids is 1. The molecule has 1 amide bonds. The standard InChI is InChI=1S/C13H9Cl2IN2O3/c1-5-10(13(20)21)9(4-17-5)18-12(19)7-2-6(14)3-8(15)11(7)16/h2-4,17H,1H3,(H,18,19)(H,20,21). The van der Waals surface area contributed by atoms with Crippen LogP contribution in [0.5, 0.6) is 0 Å². The number of carboxylic acid groups (broad SMARTS) is 1. The van der Waals surface area contributed by atoms with Gasteiger partial charge in [-0.05, 0) is 41.6 Å². The number of aromatic carboxylic acids is 1. The Kier molecular flexibility index (Phi) is 4.80. The Hall–Kier alpha value is -1.25. The second-order valence-electron chi connectivity index (χ2n) is 4.21. The van der Waals surface area contributed by atoms with E-state index < -0.39 is 11.9 Å². The molecule has 0 saturated carbocycles. The number of hydrogen-bond acceptors (Lipinski definition) is 2. The van der Waals surface area contributed by atoms with Crippen molar-refractivity contribution < 1.29 is 14.7 Å². The zero-order valence-corrected chi connectivity index (χ0v) is 14.3. The van der Waals surface area contributed by atoms with Crippen LogP contribution in [0.3, 0.4) is 0 Å². The van der Waals surface area contributed by atoms with Gasteiger partial charge in [0.1, 0.15) is 5.56 Å². The first-order valence-corrected chi connectivity index (χ1v) is 7.52. The van der Waals surface area contributed by atoms with E-state index in [1.165, 1.54) is 18.3 Å². The van der Waals surface area contributed by atoms with E-state index in [0.717, 1.165) is 0 Å². The van der Waals surface area contributed by atoms with Crippen molar-refractivity contribution in [3.63, 3.8) is 0 Å². The fourth-order valence-electron chi connectivity index (χ4n) is 1.81. The molecule has 0 aliphatic heterocycles. The molecule has 0 spiro atoms. The van der Waals surface area contributed by atoms with Crippen LogP contribution in [0.2, 0.25) is 10.0 Å². The first kappa shape index (κ1) is 16.1. The lowest BCUT2D eigenvalue weighted by atomic mass is 10.2.